The largest absolute Gasteiger partial charge is 0.494 e. The standard InChI is InChI=1S/C15H22N2O4S/c1-11(2)22(19,20)16-12-7-8-13(14(10-12)21-3)17-9-5-4-6-15(17)18/h7-8,10-11,16H,4-6,9H2,1-3H3. The third-order valence-electron chi connectivity index (χ3n) is 3.67. The van der Waals surface area contributed by atoms with Gasteiger partial charge in [0, 0.05) is 19.0 Å². The van der Waals surface area contributed by atoms with Crippen LogP contribution in [0.2, 0.25) is 0 Å². The Balaban J connectivity index is 2.30. The van der Waals surface area contributed by atoms with Crippen molar-refractivity contribution in [1.82, 2.24) is 0 Å². The summed E-state index contributed by atoms with van der Waals surface area (Å²) in [5, 5.41) is -0.526. The van der Waals surface area contributed by atoms with Gasteiger partial charge in [-0.2, -0.15) is 0 Å². The first kappa shape index (κ1) is 16.6. The normalized spacial score (nSPS) is 16.0. The minimum Gasteiger partial charge on any atom is -0.494 e. The number of methoxy groups -OCH3 is 1. The van der Waals surface area contributed by atoms with E-state index in [0.717, 1.165) is 12.8 Å². The highest BCUT2D eigenvalue weighted by Crippen LogP contribution is 2.33. The zero-order valence-corrected chi connectivity index (χ0v) is 13.9. The lowest BCUT2D eigenvalue weighted by Crippen LogP contribution is -2.35. The molecule has 22 heavy (non-hydrogen) atoms. The molecule has 1 N–H and O–H groups in total. The van der Waals surface area contributed by atoms with E-state index in [-0.39, 0.29) is 5.91 Å². The van der Waals surface area contributed by atoms with Gasteiger partial charge >= 0.3 is 0 Å². The maximum atomic E-state index is 12.0. The molecule has 0 atom stereocenters. The minimum absolute atomic E-state index is 0.0695. The first-order valence-corrected chi connectivity index (χ1v) is 8.90. The van der Waals surface area contributed by atoms with Crippen LogP contribution in [0.5, 0.6) is 5.75 Å². The lowest BCUT2D eigenvalue weighted by atomic mass is 10.1. The van der Waals surface area contributed by atoms with E-state index in [1.165, 1.54) is 7.11 Å². The molecule has 1 aliphatic rings. The SMILES string of the molecule is COc1cc(NS(=O)(=O)C(C)C)ccc1N1CCCCC1=O. The molecule has 0 aromatic heterocycles. The molecule has 0 radical (unpaired) electrons. The molecule has 0 aliphatic carbocycles. The average molecular weight is 326 g/mol. The number of amides is 1. The number of carbonyl (C=O) groups excluding carboxylic acids is 1. The Hall–Kier alpha value is -1.76. The molecule has 0 saturated carbocycles. The summed E-state index contributed by atoms with van der Waals surface area (Å²) >= 11 is 0. The zero-order valence-electron chi connectivity index (χ0n) is 13.1. The quantitative estimate of drug-likeness (QED) is 0.901. The third-order valence-corrected chi connectivity index (χ3v) is 5.44. The van der Waals surface area contributed by atoms with Crippen LogP contribution in [0, 0.1) is 0 Å². The van der Waals surface area contributed by atoms with Gasteiger partial charge in [0.25, 0.3) is 0 Å². The second-order valence-corrected chi connectivity index (χ2v) is 7.82. The van der Waals surface area contributed by atoms with Crippen LogP contribution < -0.4 is 14.4 Å². The van der Waals surface area contributed by atoms with Gasteiger partial charge in [-0.05, 0) is 38.8 Å². The predicted octanol–water partition coefficient (Wildman–Crippen LogP) is 2.36. The van der Waals surface area contributed by atoms with Gasteiger partial charge in [-0.25, -0.2) is 8.42 Å². The Morgan fingerprint density at radius 1 is 1.27 bits per heavy atom. The van der Waals surface area contributed by atoms with Crippen LogP contribution in [-0.4, -0.2) is 33.2 Å². The molecule has 7 heteroatoms. The lowest BCUT2D eigenvalue weighted by Gasteiger charge is -2.28. The van der Waals surface area contributed by atoms with E-state index in [4.69, 9.17) is 4.74 Å². The Labute approximate surface area is 131 Å². The number of hydrogen-bond donors (Lipinski definition) is 1. The van der Waals surface area contributed by atoms with E-state index in [1.54, 1.807) is 36.9 Å². The number of nitrogens with zero attached hydrogens (tertiary/aromatic N) is 1. The number of sulfonamides is 1. The summed E-state index contributed by atoms with van der Waals surface area (Å²) in [7, 11) is -1.90. The number of benzene rings is 1. The molecule has 1 aromatic rings. The number of piperidine rings is 1. The summed E-state index contributed by atoms with van der Waals surface area (Å²) in [4.78, 5) is 13.7. The van der Waals surface area contributed by atoms with Crippen LogP contribution in [-0.2, 0) is 14.8 Å². The lowest BCUT2D eigenvalue weighted by molar-refractivity contribution is -0.119. The number of nitrogens with one attached hydrogen (secondary N) is 1. The van der Waals surface area contributed by atoms with E-state index >= 15 is 0 Å². The smallest absolute Gasteiger partial charge is 0.235 e. The first-order valence-electron chi connectivity index (χ1n) is 7.35. The Bertz CT molecular complexity index is 656. The second-order valence-electron chi connectivity index (χ2n) is 5.58. The van der Waals surface area contributed by atoms with Crippen molar-refractivity contribution in [3.8, 4) is 5.75 Å². The molecule has 1 heterocycles. The average Bonchev–Trinajstić information content (AvgIpc) is 2.47. The highest BCUT2D eigenvalue weighted by atomic mass is 32.2. The van der Waals surface area contributed by atoms with Crippen molar-refractivity contribution < 1.29 is 17.9 Å². The molecule has 1 aromatic carbocycles. The van der Waals surface area contributed by atoms with Crippen LogP contribution in [0.15, 0.2) is 18.2 Å². The fourth-order valence-corrected chi connectivity index (χ4v) is 3.00. The molecular weight excluding hydrogens is 304 g/mol. The van der Waals surface area contributed by atoms with Crippen molar-refractivity contribution in [2.24, 2.45) is 0 Å². The number of anilines is 2. The molecule has 0 unspecified atom stereocenters. The fraction of sp³-hybridized carbons (Fsp3) is 0.533. The van der Waals surface area contributed by atoms with Gasteiger partial charge in [0.05, 0.1) is 23.7 Å². The molecule has 1 amide bonds. The van der Waals surface area contributed by atoms with E-state index in [0.29, 0.717) is 30.1 Å². The van der Waals surface area contributed by atoms with Crippen molar-refractivity contribution in [2.45, 2.75) is 38.4 Å². The molecule has 122 valence electrons. The molecule has 1 aliphatic heterocycles. The van der Waals surface area contributed by atoms with Crippen molar-refractivity contribution in [3.05, 3.63) is 18.2 Å². The zero-order chi connectivity index (χ0) is 16.3. The van der Waals surface area contributed by atoms with E-state index in [9.17, 15) is 13.2 Å². The van der Waals surface area contributed by atoms with Crippen LogP contribution in [0.4, 0.5) is 11.4 Å². The summed E-state index contributed by atoms with van der Waals surface area (Å²) in [6.07, 6.45) is 2.39. The Morgan fingerprint density at radius 2 is 2.00 bits per heavy atom. The maximum absolute atomic E-state index is 12.0. The Morgan fingerprint density at radius 3 is 2.59 bits per heavy atom. The highest BCUT2D eigenvalue weighted by molar-refractivity contribution is 7.93. The number of rotatable bonds is 5. The predicted molar refractivity (Wildman–Crippen MR) is 86.9 cm³/mol. The first-order chi connectivity index (χ1) is 10.3. The van der Waals surface area contributed by atoms with Crippen LogP contribution in [0.1, 0.15) is 33.1 Å². The summed E-state index contributed by atoms with van der Waals surface area (Å²) in [5.41, 5.74) is 1.11. The van der Waals surface area contributed by atoms with Gasteiger partial charge in [0.1, 0.15) is 5.75 Å². The van der Waals surface area contributed by atoms with Gasteiger partial charge in [0.2, 0.25) is 15.9 Å². The van der Waals surface area contributed by atoms with Crippen molar-refractivity contribution in [1.29, 1.82) is 0 Å². The number of ether oxygens (including phenoxy) is 1. The maximum Gasteiger partial charge on any atom is 0.235 e. The molecule has 1 fully saturated rings. The minimum atomic E-state index is -3.41. The van der Waals surface area contributed by atoms with Crippen molar-refractivity contribution in [3.63, 3.8) is 0 Å². The van der Waals surface area contributed by atoms with Crippen LogP contribution in [0.3, 0.4) is 0 Å². The summed E-state index contributed by atoms with van der Waals surface area (Å²) < 4.78 is 31.7. The summed E-state index contributed by atoms with van der Waals surface area (Å²) in [6.45, 7) is 3.88. The third kappa shape index (κ3) is 3.52. The van der Waals surface area contributed by atoms with Gasteiger partial charge < -0.3 is 9.64 Å². The monoisotopic (exact) mass is 326 g/mol. The second kappa shape index (κ2) is 6.56. The van der Waals surface area contributed by atoms with Crippen molar-refractivity contribution in [2.75, 3.05) is 23.3 Å². The van der Waals surface area contributed by atoms with Gasteiger partial charge in [0.15, 0.2) is 0 Å². The molecular formula is C15H22N2O4S. The van der Waals surface area contributed by atoms with E-state index < -0.39 is 15.3 Å². The topological polar surface area (TPSA) is 75.7 Å². The highest BCUT2D eigenvalue weighted by Gasteiger charge is 2.23. The van der Waals surface area contributed by atoms with E-state index in [1.807, 2.05) is 0 Å². The molecule has 6 nitrogen and oxygen atoms in total. The van der Waals surface area contributed by atoms with Crippen LogP contribution in [0.25, 0.3) is 0 Å². The van der Waals surface area contributed by atoms with Gasteiger partial charge in [-0.15, -0.1) is 0 Å². The van der Waals surface area contributed by atoms with Crippen LogP contribution >= 0.6 is 0 Å². The van der Waals surface area contributed by atoms with Gasteiger partial charge in [-0.3, -0.25) is 9.52 Å². The summed E-state index contributed by atoms with van der Waals surface area (Å²) in [6, 6.07) is 4.98. The van der Waals surface area contributed by atoms with Gasteiger partial charge in [-0.1, -0.05) is 0 Å². The number of hydrogen-bond acceptors (Lipinski definition) is 4. The fourth-order valence-electron chi connectivity index (χ4n) is 2.31. The summed E-state index contributed by atoms with van der Waals surface area (Å²) in [5.74, 6) is 0.555. The molecule has 0 bridgehead atoms. The Kier molecular flexibility index (Phi) is 4.95. The molecule has 0 spiro atoms. The number of carbonyl (C=O) groups is 1. The molecule has 1 saturated heterocycles. The molecule has 2 rings (SSSR count). The van der Waals surface area contributed by atoms with E-state index in [2.05, 4.69) is 4.72 Å². The van der Waals surface area contributed by atoms with Crippen molar-refractivity contribution >= 4 is 27.3 Å².